The number of nitrogens with zero attached hydrogens (tertiary/aromatic N) is 1. The van der Waals surface area contributed by atoms with Gasteiger partial charge in [0.25, 0.3) is 0 Å². The lowest BCUT2D eigenvalue weighted by Crippen LogP contribution is -2.53. The molecule has 0 bridgehead atoms. The van der Waals surface area contributed by atoms with Gasteiger partial charge in [0.1, 0.15) is 0 Å². The van der Waals surface area contributed by atoms with Crippen molar-refractivity contribution in [2.75, 3.05) is 26.7 Å². The molecule has 0 radical (unpaired) electrons. The van der Waals surface area contributed by atoms with Crippen molar-refractivity contribution >= 4 is 0 Å². The molecule has 1 saturated carbocycles. The van der Waals surface area contributed by atoms with Crippen molar-refractivity contribution < 1.29 is 4.74 Å². The molecule has 0 aromatic carbocycles. The van der Waals surface area contributed by atoms with E-state index in [0.717, 1.165) is 25.6 Å². The van der Waals surface area contributed by atoms with Crippen molar-refractivity contribution in [3.63, 3.8) is 0 Å². The van der Waals surface area contributed by atoms with Crippen LogP contribution in [0.5, 0.6) is 0 Å². The summed E-state index contributed by atoms with van der Waals surface area (Å²) in [6.45, 7) is 7.78. The molecule has 18 heavy (non-hydrogen) atoms. The zero-order valence-corrected chi connectivity index (χ0v) is 12.3. The average Bonchev–Trinajstić information content (AvgIpc) is 2.84. The van der Waals surface area contributed by atoms with Crippen LogP contribution >= 0.6 is 0 Å². The zero-order valence-electron chi connectivity index (χ0n) is 12.3. The van der Waals surface area contributed by atoms with Gasteiger partial charge in [0.05, 0.1) is 6.10 Å². The third-order valence-corrected chi connectivity index (χ3v) is 4.63. The molecule has 2 aliphatic rings. The quantitative estimate of drug-likeness (QED) is 0.814. The van der Waals surface area contributed by atoms with Gasteiger partial charge in [-0.05, 0) is 51.6 Å². The van der Waals surface area contributed by atoms with E-state index in [1.54, 1.807) is 0 Å². The van der Waals surface area contributed by atoms with Crippen molar-refractivity contribution in [2.24, 2.45) is 5.92 Å². The first-order valence-corrected chi connectivity index (χ1v) is 7.76. The van der Waals surface area contributed by atoms with Crippen LogP contribution in [-0.4, -0.2) is 49.8 Å². The summed E-state index contributed by atoms with van der Waals surface area (Å²) in [4.78, 5) is 2.55. The van der Waals surface area contributed by atoms with Crippen molar-refractivity contribution in [3.05, 3.63) is 0 Å². The molecule has 2 fully saturated rings. The molecule has 3 nitrogen and oxygen atoms in total. The molecule has 1 aliphatic heterocycles. The molecule has 106 valence electrons. The van der Waals surface area contributed by atoms with E-state index < -0.39 is 0 Å². The minimum Gasteiger partial charge on any atom is -0.377 e. The highest BCUT2D eigenvalue weighted by Gasteiger charge is 2.32. The Bertz CT molecular complexity index is 241. The summed E-state index contributed by atoms with van der Waals surface area (Å²) in [6, 6.07) is 1.37. The highest BCUT2D eigenvalue weighted by atomic mass is 16.5. The minimum atomic E-state index is 0.481. The van der Waals surface area contributed by atoms with Gasteiger partial charge < -0.3 is 10.1 Å². The lowest BCUT2D eigenvalue weighted by molar-refractivity contribution is 0.0462. The highest BCUT2D eigenvalue weighted by molar-refractivity contribution is 4.90. The summed E-state index contributed by atoms with van der Waals surface area (Å²) >= 11 is 0. The van der Waals surface area contributed by atoms with Crippen LogP contribution < -0.4 is 5.32 Å². The van der Waals surface area contributed by atoms with Crippen molar-refractivity contribution in [2.45, 2.75) is 64.1 Å². The fourth-order valence-electron chi connectivity index (χ4n) is 3.58. The van der Waals surface area contributed by atoms with Crippen LogP contribution in [0.15, 0.2) is 0 Å². The Morgan fingerprint density at radius 1 is 1.28 bits per heavy atom. The van der Waals surface area contributed by atoms with Crippen LogP contribution in [0.2, 0.25) is 0 Å². The van der Waals surface area contributed by atoms with Gasteiger partial charge in [-0.25, -0.2) is 0 Å². The molecule has 4 unspecified atom stereocenters. The molecule has 1 N–H and O–H groups in total. The van der Waals surface area contributed by atoms with Gasteiger partial charge in [-0.3, -0.25) is 4.90 Å². The van der Waals surface area contributed by atoms with E-state index in [-0.39, 0.29) is 0 Å². The Morgan fingerprint density at radius 2 is 2.11 bits per heavy atom. The molecule has 1 aliphatic carbocycles. The van der Waals surface area contributed by atoms with Gasteiger partial charge in [-0.15, -0.1) is 0 Å². The van der Waals surface area contributed by atoms with Gasteiger partial charge in [0.15, 0.2) is 0 Å². The van der Waals surface area contributed by atoms with Gasteiger partial charge in [-0.2, -0.15) is 0 Å². The Morgan fingerprint density at radius 3 is 2.78 bits per heavy atom. The molecule has 0 amide bonds. The van der Waals surface area contributed by atoms with E-state index >= 15 is 0 Å². The Hall–Kier alpha value is -0.120. The Kier molecular flexibility index (Phi) is 5.46. The van der Waals surface area contributed by atoms with E-state index in [9.17, 15) is 0 Å². The Balaban J connectivity index is 1.88. The number of hydrogen-bond donors (Lipinski definition) is 1. The predicted octanol–water partition coefficient (Wildman–Crippen LogP) is 2.26. The number of ether oxygens (including phenoxy) is 1. The predicted molar refractivity (Wildman–Crippen MR) is 75.9 cm³/mol. The van der Waals surface area contributed by atoms with Gasteiger partial charge >= 0.3 is 0 Å². The van der Waals surface area contributed by atoms with E-state index in [1.165, 1.54) is 32.1 Å². The van der Waals surface area contributed by atoms with Crippen LogP contribution in [0.1, 0.15) is 46.0 Å². The summed E-state index contributed by atoms with van der Waals surface area (Å²) in [5, 5.41) is 3.68. The largest absolute Gasteiger partial charge is 0.377 e. The van der Waals surface area contributed by atoms with E-state index in [0.29, 0.717) is 18.2 Å². The fourth-order valence-corrected chi connectivity index (χ4v) is 3.58. The monoisotopic (exact) mass is 254 g/mol. The lowest BCUT2D eigenvalue weighted by atomic mass is 9.82. The van der Waals surface area contributed by atoms with Crippen LogP contribution in [0.4, 0.5) is 0 Å². The maximum Gasteiger partial charge on any atom is 0.0702 e. The normalized spacial score (nSPS) is 37.3. The van der Waals surface area contributed by atoms with Crippen molar-refractivity contribution in [1.82, 2.24) is 10.2 Å². The van der Waals surface area contributed by atoms with Gasteiger partial charge in [-0.1, -0.05) is 13.8 Å². The van der Waals surface area contributed by atoms with Crippen molar-refractivity contribution in [1.29, 1.82) is 0 Å². The third kappa shape index (κ3) is 3.69. The van der Waals surface area contributed by atoms with Crippen LogP contribution in [0.25, 0.3) is 0 Å². The maximum atomic E-state index is 5.77. The Labute approximate surface area is 112 Å². The van der Waals surface area contributed by atoms with Crippen LogP contribution in [0, 0.1) is 5.92 Å². The molecule has 2 rings (SSSR count). The maximum absolute atomic E-state index is 5.77. The highest BCUT2D eigenvalue weighted by Crippen LogP contribution is 2.28. The molecule has 0 spiro atoms. The van der Waals surface area contributed by atoms with Crippen molar-refractivity contribution in [3.8, 4) is 0 Å². The summed E-state index contributed by atoms with van der Waals surface area (Å²) in [6.07, 6.45) is 7.02. The summed E-state index contributed by atoms with van der Waals surface area (Å²) in [5.41, 5.74) is 0. The number of likely N-dealkylation sites (N-methyl/N-ethyl adjacent to an activating group) is 2. The summed E-state index contributed by atoms with van der Waals surface area (Å²) in [5.74, 6) is 0.872. The molecular formula is C15H30N2O. The summed E-state index contributed by atoms with van der Waals surface area (Å²) < 4.78 is 5.77. The molecular weight excluding hydrogens is 224 g/mol. The molecule has 1 saturated heterocycles. The summed E-state index contributed by atoms with van der Waals surface area (Å²) in [7, 11) is 2.29. The molecule has 0 aromatic heterocycles. The lowest BCUT2D eigenvalue weighted by Gasteiger charge is -2.41. The van der Waals surface area contributed by atoms with Crippen LogP contribution in [0.3, 0.4) is 0 Å². The first-order chi connectivity index (χ1) is 8.70. The van der Waals surface area contributed by atoms with Gasteiger partial charge in [0.2, 0.25) is 0 Å². The second kappa shape index (κ2) is 6.88. The molecule has 1 heterocycles. The number of nitrogens with one attached hydrogen (secondary N) is 1. The standard InChI is InChI=1S/C15H30N2O/c1-4-16-14-8-7-12(2)10-15(14)17(3)11-13-6-5-9-18-13/h12-16H,4-11H2,1-3H3. The fraction of sp³-hybridized carbons (Fsp3) is 1.00. The smallest absolute Gasteiger partial charge is 0.0702 e. The second-order valence-corrected chi connectivity index (χ2v) is 6.22. The molecule has 0 aromatic rings. The SMILES string of the molecule is CCNC1CCC(C)CC1N(C)CC1CCCO1. The number of rotatable bonds is 5. The first kappa shape index (κ1) is 14.3. The van der Waals surface area contributed by atoms with Crippen LogP contribution in [-0.2, 0) is 4.74 Å². The topological polar surface area (TPSA) is 24.5 Å². The van der Waals surface area contributed by atoms with E-state index in [1.807, 2.05) is 0 Å². The average molecular weight is 254 g/mol. The van der Waals surface area contributed by atoms with E-state index in [2.05, 4.69) is 31.1 Å². The second-order valence-electron chi connectivity index (χ2n) is 6.22. The third-order valence-electron chi connectivity index (χ3n) is 4.63. The minimum absolute atomic E-state index is 0.481. The first-order valence-electron chi connectivity index (χ1n) is 7.76. The molecule has 3 heteroatoms. The molecule has 4 atom stereocenters. The van der Waals surface area contributed by atoms with E-state index in [4.69, 9.17) is 4.74 Å². The number of hydrogen-bond acceptors (Lipinski definition) is 3. The zero-order chi connectivity index (χ0) is 13.0. The van der Waals surface area contributed by atoms with Gasteiger partial charge in [0, 0.05) is 25.2 Å².